The molecule has 0 heterocycles. The second-order valence-electron chi connectivity index (χ2n) is 3.77. The molecule has 0 atom stereocenters. The van der Waals surface area contributed by atoms with E-state index in [9.17, 15) is 4.21 Å². The Morgan fingerprint density at radius 2 is 1.67 bits per heavy atom. The van der Waals surface area contributed by atoms with Crippen molar-refractivity contribution in [2.45, 2.75) is 19.8 Å². The zero-order chi connectivity index (χ0) is 7.57. The third-order valence-corrected chi connectivity index (χ3v) is 2.87. The summed E-state index contributed by atoms with van der Waals surface area (Å²) in [5.41, 5.74) is 0. The molecule has 1 nitrogen and oxygen atoms in total. The van der Waals surface area contributed by atoms with Gasteiger partial charge in [-0.3, -0.25) is 4.21 Å². The van der Waals surface area contributed by atoms with Crippen LogP contribution in [0.15, 0.2) is 0 Å². The molecule has 0 aliphatic rings. The third kappa shape index (κ3) is 8.15. The van der Waals surface area contributed by atoms with Crippen LogP contribution in [0.2, 0.25) is 0 Å². The van der Waals surface area contributed by atoms with Crippen LogP contribution in [0.25, 0.3) is 0 Å². The summed E-state index contributed by atoms with van der Waals surface area (Å²) in [6.45, 7) is 2.12. The van der Waals surface area contributed by atoms with Crippen LogP contribution in [0.4, 0.5) is 0 Å². The highest BCUT2D eigenvalue weighted by Crippen LogP contribution is 2.13. The van der Waals surface area contributed by atoms with Gasteiger partial charge in [0.2, 0.25) is 0 Å². The lowest BCUT2D eigenvalue weighted by Gasteiger charge is -2.27. The van der Waals surface area contributed by atoms with Gasteiger partial charge in [0, 0.05) is 5.75 Å². The van der Waals surface area contributed by atoms with Crippen molar-refractivity contribution < 1.29 is 4.21 Å². The van der Waals surface area contributed by atoms with Crippen LogP contribution in [-0.4, -0.2) is 28.7 Å². The maximum absolute atomic E-state index is 11.5. The molecule has 0 aliphatic carbocycles. The minimum absolute atomic E-state index is 0.883. The van der Waals surface area contributed by atoms with E-state index in [0.717, 1.165) is 18.6 Å². The van der Waals surface area contributed by atoms with Crippen LogP contribution in [0.3, 0.4) is 0 Å². The SMILES string of the molecule is CCCCS(C)(C)(C)=O. The van der Waals surface area contributed by atoms with Crippen LogP contribution in [0, 0.1) is 0 Å². The topological polar surface area (TPSA) is 17.1 Å². The fourth-order valence-corrected chi connectivity index (χ4v) is 1.91. The molecule has 0 saturated carbocycles. The molecule has 0 aliphatic heterocycles. The van der Waals surface area contributed by atoms with Gasteiger partial charge in [0.1, 0.15) is 0 Å². The van der Waals surface area contributed by atoms with Gasteiger partial charge in [-0.05, 0) is 25.2 Å². The van der Waals surface area contributed by atoms with E-state index >= 15 is 0 Å². The monoisotopic (exact) mass is 150 g/mol. The summed E-state index contributed by atoms with van der Waals surface area (Å²) in [6, 6.07) is 0. The first-order valence-corrected chi connectivity index (χ1v) is 6.75. The molecule has 0 spiro atoms. The number of hydrogen-bond donors (Lipinski definition) is 0. The Balaban J connectivity index is 3.76. The molecule has 2 heteroatoms. The summed E-state index contributed by atoms with van der Waals surface area (Å²) in [5, 5.41) is 0. The van der Waals surface area contributed by atoms with E-state index < -0.39 is 9.07 Å². The van der Waals surface area contributed by atoms with Gasteiger partial charge in [0.05, 0.1) is 0 Å². The minimum atomic E-state index is -2.16. The molecular formula is C7H18OS. The summed E-state index contributed by atoms with van der Waals surface area (Å²) in [4.78, 5) is 0. The van der Waals surface area contributed by atoms with Crippen LogP contribution in [-0.2, 0) is 9.07 Å². The van der Waals surface area contributed by atoms with Crippen molar-refractivity contribution >= 4 is 9.07 Å². The van der Waals surface area contributed by atoms with Gasteiger partial charge in [0.15, 0.2) is 0 Å². The minimum Gasteiger partial charge on any atom is -0.283 e. The zero-order valence-corrected chi connectivity index (χ0v) is 7.75. The average Bonchev–Trinajstić information content (AvgIpc) is 1.57. The van der Waals surface area contributed by atoms with Crippen LogP contribution in [0.1, 0.15) is 19.8 Å². The number of rotatable bonds is 3. The van der Waals surface area contributed by atoms with Gasteiger partial charge in [-0.15, -0.1) is 9.07 Å². The van der Waals surface area contributed by atoms with Gasteiger partial charge in [-0.2, -0.15) is 0 Å². The predicted octanol–water partition coefficient (Wildman–Crippen LogP) is 1.50. The Kier molecular flexibility index (Phi) is 2.45. The fraction of sp³-hybridized carbons (Fsp3) is 1.00. The lowest BCUT2D eigenvalue weighted by atomic mass is 10.4. The van der Waals surface area contributed by atoms with Crippen molar-refractivity contribution in [3.8, 4) is 0 Å². The van der Waals surface area contributed by atoms with E-state index in [-0.39, 0.29) is 0 Å². The maximum Gasteiger partial charge on any atom is 0.00289 e. The van der Waals surface area contributed by atoms with Gasteiger partial charge < -0.3 is 0 Å². The van der Waals surface area contributed by atoms with E-state index in [1.54, 1.807) is 0 Å². The highest BCUT2D eigenvalue weighted by molar-refractivity contribution is 8.18. The maximum atomic E-state index is 11.5. The number of unbranched alkanes of at least 4 members (excludes halogenated alkanes) is 1. The van der Waals surface area contributed by atoms with E-state index in [2.05, 4.69) is 6.92 Å². The molecule has 58 valence electrons. The normalized spacial score (nSPS) is 16.7. The molecular weight excluding hydrogens is 132 g/mol. The zero-order valence-electron chi connectivity index (χ0n) is 6.94. The highest BCUT2D eigenvalue weighted by Gasteiger charge is 2.15. The van der Waals surface area contributed by atoms with Crippen molar-refractivity contribution in [3.63, 3.8) is 0 Å². The summed E-state index contributed by atoms with van der Waals surface area (Å²) in [5.74, 6) is 0.883. The van der Waals surface area contributed by atoms with E-state index in [1.807, 2.05) is 18.8 Å². The Labute approximate surface area is 58.2 Å². The molecule has 0 aromatic rings. The first-order chi connectivity index (χ1) is 3.81. The van der Waals surface area contributed by atoms with Crippen LogP contribution >= 0.6 is 0 Å². The summed E-state index contributed by atoms with van der Waals surface area (Å²) < 4.78 is 11.5. The van der Waals surface area contributed by atoms with Gasteiger partial charge in [-0.1, -0.05) is 13.3 Å². The van der Waals surface area contributed by atoms with Gasteiger partial charge >= 0.3 is 0 Å². The predicted molar refractivity (Wildman–Crippen MR) is 45.7 cm³/mol. The van der Waals surface area contributed by atoms with Crippen molar-refractivity contribution in [1.82, 2.24) is 0 Å². The molecule has 0 aromatic carbocycles. The highest BCUT2D eigenvalue weighted by atomic mass is 32.3. The summed E-state index contributed by atoms with van der Waals surface area (Å²) in [7, 11) is -2.16. The number of hydrogen-bond acceptors (Lipinski definition) is 1. The summed E-state index contributed by atoms with van der Waals surface area (Å²) >= 11 is 0. The second kappa shape index (κ2) is 2.41. The van der Waals surface area contributed by atoms with Crippen LogP contribution < -0.4 is 0 Å². The molecule has 0 unspecified atom stereocenters. The summed E-state index contributed by atoms with van der Waals surface area (Å²) in [6.07, 6.45) is 7.84. The van der Waals surface area contributed by atoms with E-state index in [0.29, 0.717) is 0 Å². The van der Waals surface area contributed by atoms with Crippen molar-refractivity contribution in [1.29, 1.82) is 0 Å². The van der Waals surface area contributed by atoms with Crippen molar-refractivity contribution in [3.05, 3.63) is 0 Å². The van der Waals surface area contributed by atoms with Crippen molar-refractivity contribution in [2.24, 2.45) is 0 Å². The van der Waals surface area contributed by atoms with E-state index in [1.165, 1.54) is 0 Å². The molecule has 0 bridgehead atoms. The van der Waals surface area contributed by atoms with Gasteiger partial charge in [-0.25, -0.2) is 0 Å². The molecule has 0 radical (unpaired) electrons. The largest absolute Gasteiger partial charge is 0.283 e. The third-order valence-electron chi connectivity index (χ3n) is 1.19. The quantitative estimate of drug-likeness (QED) is 0.596. The Morgan fingerprint density at radius 1 is 1.22 bits per heavy atom. The van der Waals surface area contributed by atoms with Gasteiger partial charge in [0.25, 0.3) is 0 Å². The standard InChI is InChI=1S/C7H18OS/c1-5-6-7-9(2,3,4)8/h5-7H2,1-4H3. The first kappa shape index (κ1) is 9.15. The Morgan fingerprint density at radius 3 is 1.78 bits per heavy atom. The molecule has 0 saturated heterocycles. The lowest BCUT2D eigenvalue weighted by Crippen LogP contribution is -2.31. The fourth-order valence-electron chi connectivity index (χ4n) is 0.636. The molecule has 0 N–H and O–H groups in total. The molecule has 0 rings (SSSR count). The Hall–Kier alpha value is 0.150. The molecule has 0 fully saturated rings. The van der Waals surface area contributed by atoms with E-state index in [4.69, 9.17) is 0 Å². The van der Waals surface area contributed by atoms with Crippen molar-refractivity contribution in [2.75, 3.05) is 24.5 Å². The smallest absolute Gasteiger partial charge is 0.00289 e. The molecule has 9 heavy (non-hydrogen) atoms. The Bertz CT molecular complexity index is 132. The average molecular weight is 150 g/mol. The molecule has 0 aromatic heterocycles. The second-order valence-corrected chi connectivity index (χ2v) is 9.59. The molecule has 0 amide bonds. The van der Waals surface area contributed by atoms with Crippen LogP contribution in [0.5, 0.6) is 0 Å². The first-order valence-electron chi connectivity index (χ1n) is 3.39. The lowest BCUT2D eigenvalue weighted by molar-refractivity contribution is 0.664.